The van der Waals surface area contributed by atoms with E-state index in [1.165, 1.54) is 0 Å². The maximum Gasteiger partial charge on any atom is 0.265 e. The monoisotopic (exact) mass is 226 g/mol. The fourth-order valence-electron chi connectivity index (χ4n) is 1.90. The first-order chi connectivity index (χ1) is 8.24. The molecule has 0 saturated heterocycles. The standard InChI is InChI=1S/C13H12N3O/c14-8-4-3-6-10-9-5-1-2-7-11(9)16-12(10)13(15)17/h1-3,5,7,16H,4,6H2,(H2,15,17). The molecule has 2 rings (SSSR count). The van der Waals surface area contributed by atoms with Crippen LogP contribution >= 0.6 is 0 Å². The molecule has 0 atom stereocenters. The van der Waals surface area contributed by atoms with Gasteiger partial charge in [-0.05, 0) is 24.5 Å². The minimum Gasteiger partial charge on any atom is -0.364 e. The predicted molar refractivity (Wildman–Crippen MR) is 65.1 cm³/mol. The SMILES string of the molecule is N#CC[CH]Cc1c(C(N)=O)[nH]c2ccccc12. The second-order valence-corrected chi connectivity index (χ2v) is 3.74. The molecule has 2 aromatic rings. The summed E-state index contributed by atoms with van der Waals surface area (Å²) in [6.45, 7) is 0. The Labute approximate surface area is 99.0 Å². The van der Waals surface area contributed by atoms with Gasteiger partial charge >= 0.3 is 0 Å². The van der Waals surface area contributed by atoms with Crippen molar-refractivity contribution in [3.63, 3.8) is 0 Å². The summed E-state index contributed by atoms with van der Waals surface area (Å²) in [7, 11) is 0. The molecule has 1 heterocycles. The van der Waals surface area contributed by atoms with Gasteiger partial charge in [-0.3, -0.25) is 4.79 Å². The van der Waals surface area contributed by atoms with E-state index in [9.17, 15) is 4.79 Å². The maximum absolute atomic E-state index is 11.3. The lowest BCUT2D eigenvalue weighted by Gasteiger charge is -1.99. The van der Waals surface area contributed by atoms with Crippen LogP contribution in [0.2, 0.25) is 0 Å². The summed E-state index contributed by atoms with van der Waals surface area (Å²) in [6.07, 6.45) is 2.76. The Balaban J connectivity index is 2.45. The number of nitrogens with one attached hydrogen (secondary N) is 1. The first-order valence-electron chi connectivity index (χ1n) is 5.32. The second kappa shape index (κ2) is 4.71. The number of rotatable bonds is 4. The molecule has 1 amide bonds. The van der Waals surface area contributed by atoms with Crippen molar-refractivity contribution in [1.29, 1.82) is 5.26 Å². The van der Waals surface area contributed by atoms with Crippen LogP contribution in [0.1, 0.15) is 22.5 Å². The molecule has 0 bridgehead atoms. The minimum absolute atomic E-state index is 0.359. The highest BCUT2D eigenvalue weighted by molar-refractivity contribution is 6.00. The number of unbranched alkanes of at least 4 members (excludes halogenated alkanes) is 1. The zero-order valence-electron chi connectivity index (χ0n) is 9.23. The number of primary amides is 1. The molecule has 4 heteroatoms. The van der Waals surface area contributed by atoms with Gasteiger partial charge in [-0.25, -0.2) is 0 Å². The number of aromatic nitrogens is 1. The smallest absolute Gasteiger partial charge is 0.265 e. The number of nitrogens with two attached hydrogens (primary N) is 1. The van der Waals surface area contributed by atoms with Crippen molar-refractivity contribution in [2.24, 2.45) is 5.73 Å². The van der Waals surface area contributed by atoms with Crippen molar-refractivity contribution in [2.45, 2.75) is 12.8 Å². The molecule has 0 aliphatic heterocycles. The third-order valence-corrected chi connectivity index (χ3v) is 2.64. The van der Waals surface area contributed by atoms with E-state index in [-0.39, 0.29) is 0 Å². The number of fused-ring (bicyclic) bond motifs is 1. The van der Waals surface area contributed by atoms with E-state index in [1.54, 1.807) is 0 Å². The number of aromatic amines is 1. The van der Waals surface area contributed by atoms with Crippen molar-refractivity contribution in [1.82, 2.24) is 4.98 Å². The molecule has 0 aliphatic carbocycles. The minimum atomic E-state index is -0.471. The van der Waals surface area contributed by atoms with Crippen LogP contribution in [0, 0.1) is 17.8 Å². The number of benzene rings is 1. The molecule has 17 heavy (non-hydrogen) atoms. The molecule has 0 saturated carbocycles. The fraction of sp³-hybridized carbons (Fsp3) is 0.154. The van der Waals surface area contributed by atoms with Gasteiger partial charge in [-0.2, -0.15) is 5.26 Å². The topological polar surface area (TPSA) is 82.7 Å². The Morgan fingerprint density at radius 1 is 1.47 bits per heavy atom. The van der Waals surface area contributed by atoms with E-state index in [2.05, 4.69) is 4.98 Å². The fourth-order valence-corrected chi connectivity index (χ4v) is 1.90. The lowest BCUT2D eigenvalue weighted by atomic mass is 10.0. The molecule has 0 unspecified atom stereocenters. The highest BCUT2D eigenvalue weighted by Crippen LogP contribution is 2.23. The van der Waals surface area contributed by atoms with Gasteiger partial charge in [0.1, 0.15) is 5.69 Å². The number of carbonyl (C=O) groups is 1. The van der Waals surface area contributed by atoms with Crippen molar-refractivity contribution in [2.75, 3.05) is 0 Å². The van der Waals surface area contributed by atoms with Gasteiger partial charge in [0, 0.05) is 17.3 Å². The Kier molecular flexibility index (Phi) is 3.10. The van der Waals surface area contributed by atoms with Gasteiger partial charge in [0.15, 0.2) is 0 Å². The molecule has 0 aliphatic rings. The zero-order valence-corrected chi connectivity index (χ0v) is 9.23. The van der Waals surface area contributed by atoms with E-state index < -0.39 is 5.91 Å². The Bertz CT molecular complexity index is 592. The normalized spacial score (nSPS) is 10.3. The zero-order chi connectivity index (χ0) is 12.3. The van der Waals surface area contributed by atoms with Gasteiger partial charge in [0.05, 0.1) is 6.07 Å². The van der Waals surface area contributed by atoms with Crippen molar-refractivity contribution in [3.8, 4) is 6.07 Å². The average Bonchev–Trinajstić information content (AvgIpc) is 2.69. The largest absolute Gasteiger partial charge is 0.364 e. The second-order valence-electron chi connectivity index (χ2n) is 3.74. The summed E-state index contributed by atoms with van der Waals surface area (Å²) in [5.41, 5.74) is 7.52. The first-order valence-corrected chi connectivity index (χ1v) is 5.32. The Morgan fingerprint density at radius 3 is 2.94 bits per heavy atom. The van der Waals surface area contributed by atoms with Gasteiger partial charge in [-0.15, -0.1) is 0 Å². The molecule has 4 nitrogen and oxygen atoms in total. The summed E-state index contributed by atoms with van der Waals surface area (Å²) in [4.78, 5) is 14.3. The van der Waals surface area contributed by atoms with Crippen LogP contribution in [0.3, 0.4) is 0 Å². The van der Waals surface area contributed by atoms with Crippen LogP contribution in [0.15, 0.2) is 24.3 Å². The predicted octanol–water partition coefficient (Wildman–Crippen LogP) is 1.93. The van der Waals surface area contributed by atoms with E-state index >= 15 is 0 Å². The van der Waals surface area contributed by atoms with Crippen LogP contribution in [0.25, 0.3) is 10.9 Å². The first kappa shape index (κ1) is 11.2. The maximum atomic E-state index is 11.3. The number of para-hydroxylation sites is 1. The lowest BCUT2D eigenvalue weighted by molar-refractivity contribution is 0.0995. The average molecular weight is 226 g/mol. The molecule has 85 valence electrons. The van der Waals surface area contributed by atoms with E-state index in [1.807, 2.05) is 36.8 Å². The third kappa shape index (κ3) is 2.13. The number of H-pyrrole nitrogens is 1. The van der Waals surface area contributed by atoms with Gasteiger partial charge in [0.2, 0.25) is 0 Å². The van der Waals surface area contributed by atoms with Crippen LogP contribution < -0.4 is 5.73 Å². The number of nitriles is 1. The summed E-state index contributed by atoms with van der Waals surface area (Å²) < 4.78 is 0. The highest BCUT2D eigenvalue weighted by Gasteiger charge is 2.14. The molecule has 1 radical (unpaired) electrons. The highest BCUT2D eigenvalue weighted by atomic mass is 16.1. The molecule has 1 aromatic carbocycles. The van der Waals surface area contributed by atoms with Crippen LogP contribution in [0.5, 0.6) is 0 Å². The van der Waals surface area contributed by atoms with E-state index in [0.29, 0.717) is 18.5 Å². The van der Waals surface area contributed by atoms with Gasteiger partial charge in [0.25, 0.3) is 5.91 Å². The number of nitrogens with zero attached hydrogens (tertiary/aromatic N) is 1. The summed E-state index contributed by atoms with van der Waals surface area (Å²) in [6, 6.07) is 9.69. The number of amides is 1. The lowest BCUT2D eigenvalue weighted by Crippen LogP contribution is -2.13. The van der Waals surface area contributed by atoms with Crippen molar-refractivity contribution < 1.29 is 4.79 Å². The number of hydrogen-bond acceptors (Lipinski definition) is 2. The summed E-state index contributed by atoms with van der Waals surface area (Å²) in [5, 5.41) is 9.49. The van der Waals surface area contributed by atoms with Gasteiger partial charge in [-0.1, -0.05) is 18.2 Å². The van der Waals surface area contributed by atoms with Crippen LogP contribution in [-0.4, -0.2) is 10.9 Å². The number of carbonyl (C=O) groups excluding carboxylic acids is 1. The number of hydrogen-bond donors (Lipinski definition) is 2. The van der Waals surface area contributed by atoms with E-state index in [4.69, 9.17) is 11.0 Å². The van der Waals surface area contributed by atoms with E-state index in [0.717, 1.165) is 16.5 Å². The molecule has 0 fully saturated rings. The van der Waals surface area contributed by atoms with Gasteiger partial charge < -0.3 is 10.7 Å². The van der Waals surface area contributed by atoms with Crippen molar-refractivity contribution >= 4 is 16.8 Å². The van der Waals surface area contributed by atoms with Crippen molar-refractivity contribution in [3.05, 3.63) is 41.9 Å². The van der Waals surface area contributed by atoms with Crippen LogP contribution in [-0.2, 0) is 6.42 Å². The quantitative estimate of drug-likeness (QED) is 0.781. The molecule has 1 aromatic heterocycles. The molecule has 3 N–H and O–H groups in total. The third-order valence-electron chi connectivity index (χ3n) is 2.64. The Hall–Kier alpha value is -2.28. The van der Waals surface area contributed by atoms with Crippen LogP contribution in [0.4, 0.5) is 0 Å². The molecular formula is C13H12N3O. The Morgan fingerprint density at radius 2 is 2.24 bits per heavy atom. The summed E-state index contributed by atoms with van der Waals surface area (Å²) >= 11 is 0. The molecule has 0 spiro atoms. The summed E-state index contributed by atoms with van der Waals surface area (Å²) in [5.74, 6) is -0.471. The molecular weight excluding hydrogens is 214 g/mol.